The topological polar surface area (TPSA) is 54.4 Å². The second kappa shape index (κ2) is 8.17. The van der Waals surface area contributed by atoms with Gasteiger partial charge in [-0.3, -0.25) is 0 Å². The number of likely N-dealkylation sites (N-methyl/N-ethyl adjacent to an activating group) is 1. The van der Waals surface area contributed by atoms with Crippen LogP contribution in [0, 0.1) is 5.92 Å². The number of nitrogens with one attached hydrogen (secondary N) is 2. The number of ether oxygens (including phenoxy) is 1. The fourth-order valence-corrected chi connectivity index (χ4v) is 2.79. The number of hydrogen-bond donors (Lipinski definition) is 2. The maximum Gasteiger partial charge on any atom is 0.124 e. The number of anilines is 1. The normalized spacial score (nSPS) is 16.7. The molecule has 1 aromatic carbocycles. The lowest BCUT2D eigenvalue weighted by Crippen LogP contribution is -2.35. The Morgan fingerprint density at radius 3 is 2.92 bits per heavy atom. The summed E-state index contributed by atoms with van der Waals surface area (Å²) in [6.07, 6.45) is 1.85. The van der Waals surface area contributed by atoms with Crippen molar-refractivity contribution in [2.24, 2.45) is 5.92 Å². The van der Waals surface area contributed by atoms with E-state index < -0.39 is 0 Å². The van der Waals surface area contributed by atoms with Crippen molar-refractivity contribution in [1.29, 1.82) is 0 Å². The number of aromatic nitrogens is 2. The van der Waals surface area contributed by atoms with Crippen LogP contribution >= 0.6 is 0 Å². The summed E-state index contributed by atoms with van der Waals surface area (Å²) < 4.78 is 7.75. The molecule has 130 valence electrons. The van der Waals surface area contributed by atoms with E-state index in [4.69, 9.17) is 4.74 Å². The zero-order valence-electron chi connectivity index (χ0n) is 14.5. The molecule has 0 saturated carbocycles. The lowest BCUT2D eigenvalue weighted by Gasteiger charge is -2.25. The molecule has 0 saturated heterocycles. The van der Waals surface area contributed by atoms with Crippen LogP contribution in [0.25, 0.3) is 0 Å². The van der Waals surface area contributed by atoms with Gasteiger partial charge in [-0.15, -0.1) is 0 Å². The summed E-state index contributed by atoms with van der Waals surface area (Å²) in [7, 11) is 4.10. The van der Waals surface area contributed by atoms with E-state index in [1.54, 1.807) is 0 Å². The molecule has 1 atom stereocenters. The van der Waals surface area contributed by atoms with E-state index in [1.807, 2.05) is 43.2 Å². The molecule has 0 fully saturated rings. The number of nitrogens with zero attached hydrogens (tertiary/aromatic N) is 3. The summed E-state index contributed by atoms with van der Waals surface area (Å²) >= 11 is 0. The predicted molar refractivity (Wildman–Crippen MR) is 96.4 cm³/mol. The first-order valence-corrected chi connectivity index (χ1v) is 8.53. The molecule has 0 amide bonds. The van der Waals surface area contributed by atoms with Crippen molar-refractivity contribution in [1.82, 2.24) is 20.0 Å². The molecule has 0 bridgehead atoms. The van der Waals surface area contributed by atoms with Gasteiger partial charge in [0.25, 0.3) is 0 Å². The van der Waals surface area contributed by atoms with Gasteiger partial charge in [-0.05, 0) is 31.8 Å². The molecule has 24 heavy (non-hydrogen) atoms. The molecular formula is C18H27N5O. The summed E-state index contributed by atoms with van der Waals surface area (Å²) in [5.74, 6) is 2.62. The fraction of sp³-hybridized carbons (Fsp3) is 0.500. The highest BCUT2D eigenvalue weighted by atomic mass is 16.5. The molecule has 0 unspecified atom stereocenters. The highest BCUT2D eigenvalue weighted by Crippen LogP contribution is 2.16. The number of fused-ring (bicyclic) bond motifs is 1. The summed E-state index contributed by atoms with van der Waals surface area (Å²) in [6.45, 7) is 5.47. The third-order valence-electron chi connectivity index (χ3n) is 4.21. The van der Waals surface area contributed by atoms with E-state index in [0.717, 1.165) is 44.3 Å². The second-order valence-electron chi connectivity index (χ2n) is 6.57. The van der Waals surface area contributed by atoms with Gasteiger partial charge < -0.3 is 20.3 Å². The molecule has 0 spiro atoms. The van der Waals surface area contributed by atoms with E-state index >= 15 is 0 Å². The van der Waals surface area contributed by atoms with E-state index in [1.165, 1.54) is 5.56 Å². The smallest absolute Gasteiger partial charge is 0.124 e. The van der Waals surface area contributed by atoms with Crippen molar-refractivity contribution in [3.8, 4) is 5.75 Å². The maximum atomic E-state index is 5.72. The number of benzene rings is 1. The van der Waals surface area contributed by atoms with Gasteiger partial charge in [0, 0.05) is 44.7 Å². The van der Waals surface area contributed by atoms with Crippen LogP contribution in [0.3, 0.4) is 0 Å². The van der Waals surface area contributed by atoms with Crippen molar-refractivity contribution in [2.75, 3.05) is 45.7 Å². The molecule has 1 aliphatic rings. The molecule has 0 aliphatic carbocycles. The Morgan fingerprint density at radius 1 is 1.29 bits per heavy atom. The van der Waals surface area contributed by atoms with Crippen LogP contribution in [-0.2, 0) is 13.1 Å². The Balaban J connectivity index is 1.38. The molecule has 6 heteroatoms. The van der Waals surface area contributed by atoms with Gasteiger partial charge in [0.05, 0.1) is 6.20 Å². The van der Waals surface area contributed by atoms with Gasteiger partial charge in [0.2, 0.25) is 0 Å². The first-order chi connectivity index (χ1) is 11.7. The minimum atomic E-state index is 0.561. The molecule has 3 rings (SSSR count). The van der Waals surface area contributed by atoms with Gasteiger partial charge in [-0.2, -0.15) is 5.10 Å². The average molecular weight is 329 g/mol. The van der Waals surface area contributed by atoms with Crippen LogP contribution in [0.1, 0.15) is 5.56 Å². The Labute approximate surface area is 143 Å². The lowest BCUT2D eigenvalue weighted by molar-refractivity contribution is 0.261. The van der Waals surface area contributed by atoms with Crippen molar-refractivity contribution in [3.05, 3.63) is 42.1 Å². The lowest BCUT2D eigenvalue weighted by atomic mass is 10.1. The number of hydrogen-bond acceptors (Lipinski definition) is 5. The summed E-state index contributed by atoms with van der Waals surface area (Å²) in [5, 5.41) is 11.3. The van der Waals surface area contributed by atoms with Crippen molar-refractivity contribution in [2.45, 2.75) is 13.1 Å². The zero-order valence-corrected chi connectivity index (χ0v) is 14.5. The predicted octanol–water partition coefficient (Wildman–Crippen LogP) is 1.65. The average Bonchev–Trinajstić information content (AvgIpc) is 3.04. The zero-order chi connectivity index (χ0) is 16.8. The van der Waals surface area contributed by atoms with Gasteiger partial charge in [0.15, 0.2) is 0 Å². The molecule has 1 aromatic heterocycles. The van der Waals surface area contributed by atoms with E-state index in [2.05, 4.69) is 32.8 Å². The summed E-state index contributed by atoms with van der Waals surface area (Å²) in [4.78, 5) is 2.12. The first-order valence-electron chi connectivity index (χ1n) is 8.53. The van der Waals surface area contributed by atoms with Crippen LogP contribution in [0.2, 0.25) is 0 Å². The van der Waals surface area contributed by atoms with Crippen molar-refractivity contribution < 1.29 is 4.74 Å². The van der Waals surface area contributed by atoms with Gasteiger partial charge in [-0.25, -0.2) is 4.68 Å². The number of rotatable bonds is 8. The first kappa shape index (κ1) is 16.8. The quantitative estimate of drug-likeness (QED) is 0.771. The van der Waals surface area contributed by atoms with E-state index in [0.29, 0.717) is 12.5 Å². The van der Waals surface area contributed by atoms with Crippen LogP contribution in [-0.4, -0.2) is 55.0 Å². The van der Waals surface area contributed by atoms with Gasteiger partial charge >= 0.3 is 0 Å². The maximum absolute atomic E-state index is 5.72. The fourth-order valence-electron chi connectivity index (χ4n) is 2.79. The standard InChI is InChI=1S/C18H27N5O/c1-22(2)9-10-24-17-5-3-15(4-6-17)11-19-12-16-13-20-18-7-8-21-23(18)14-16/h3-8,16,19-20H,9-14H2,1-2H3/t16-/m0/s1. The Kier molecular flexibility index (Phi) is 5.72. The van der Waals surface area contributed by atoms with Gasteiger partial charge in [0.1, 0.15) is 18.2 Å². The monoisotopic (exact) mass is 329 g/mol. The SMILES string of the molecule is CN(C)CCOc1ccc(CNC[C@H]2CNc3ccnn3C2)cc1. The van der Waals surface area contributed by atoms with Crippen LogP contribution in [0.5, 0.6) is 5.75 Å². The third kappa shape index (κ3) is 4.72. The van der Waals surface area contributed by atoms with Crippen LogP contribution < -0.4 is 15.4 Å². The Bertz CT molecular complexity index is 623. The molecule has 2 heterocycles. The minimum Gasteiger partial charge on any atom is -0.492 e. The molecular weight excluding hydrogens is 302 g/mol. The third-order valence-corrected chi connectivity index (χ3v) is 4.21. The minimum absolute atomic E-state index is 0.561. The van der Waals surface area contributed by atoms with Gasteiger partial charge in [-0.1, -0.05) is 12.1 Å². The van der Waals surface area contributed by atoms with Crippen molar-refractivity contribution in [3.63, 3.8) is 0 Å². The van der Waals surface area contributed by atoms with Crippen LogP contribution in [0.15, 0.2) is 36.5 Å². The highest BCUT2D eigenvalue weighted by Gasteiger charge is 2.17. The largest absolute Gasteiger partial charge is 0.492 e. The van der Waals surface area contributed by atoms with Crippen molar-refractivity contribution >= 4 is 5.82 Å². The Hall–Kier alpha value is -2.05. The molecule has 2 aromatic rings. The molecule has 0 radical (unpaired) electrons. The van der Waals surface area contributed by atoms with Crippen LogP contribution in [0.4, 0.5) is 5.82 Å². The van der Waals surface area contributed by atoms with E-state index in [9.17, 15) is 0 Å². The second-order valence-corrected chi connectivity index (χ2v) is 6.57. The summed E-state index contributed by atoms with van der Waals surface area (Å²) in [6, 6.07) is 10.4. The molecule has 6 nitrogen and oxygen atoms in total. The molecule has 2 N–H and O–H groups in total. The van der Waals surface area contributed by atoms with E-state index in [-0.39, 0.29) is 0 Å². The summed E-state index contributed by atoms with van der Waals surface area (Å²) in [5.41, 5.74) is 1.28. The highest BCUT2D eigenvalue weighted by molar-refractivity contribution is 5.35. The molecule has 1 aliphatic heterocycles. The Morgan fingerprint density at radius 2 is 2.12 bits per heavy atom.